The summed E-state index contributed by atoms with van der Waals surface area (Å²) in [6.07, 6.45) is 0.931. The highest BCUT2D eigenvalue weighted by molar-refractivity contribution is 7.99. The molecule has 0 aliphatic heterocycles. The topological polar surface area (TPSA) is 65.5 Å². The van der Waals surface area contributed by atoms with Crippen LogP contribution in [0, 0.1) is 5.82 Å². The molecule has 0 heterocycles. The zero-order chi connectivity index (χ0) is 18.7. The van der Waals surface area contributed by atoms with Crippen LogP contribution in [0.15, 0.2) is 34.2 Å². The monoisotopic (exact) mass is 368 g/mol. The van der Waals surface area contributed by atoms with Gasteiger partial charge in [0.05, 0.1) is 0 Å². The molecule has 0 fully saturated rings. The lowest BCUT2D eigenvalue weighted by Crippen LogP contribution is -2.43. The zero-order valence-corrected chi connectivity index (χ0v) is 16.3. The first-order valence-corrected chi connectivity index (χ1v) is 9.50. The Balaban J connectivity index is 2.31. The van der Waals surface area contributed by atoms with Gasteiger partial charge >= 0.3 is 0 Å². The van der Waals surface area contributed by atoms with Crippen molar-refractivity contribution in [1.29, 1.82) is 0 Å². The number of amides is 1. The summed E-state index contributed by atoms with van der Waals surface area (Å²) < 4.78 is 12.8. The molecule has 1 amide bonds. The van der Waals surface area contributed by atoms with E-state index in [4.69, 9.17) is 0 Å². The molecule has 140 valence electrons. The largest absolute Gasteiger partial charge is 0.357 e. The highest BCUT2D eigenvalue weighted by Gasteiger charge is 2.13. The smallest absolute Gasteiger partial charge is 0.242 e. The summed E-state index contributed by atoms with van der Waals surface area (Å²) in [6, 6.07) is 6.51. The van der Waals surface area contributed by atoms with Crippen molar-refractivity contribution in [3.8, 4) is 0 Å². The molecule has 0 bridgehead atoms. The third kappa shape index (κ3) is 10.7. The lowest BCUT2D eigenvalue weighted by atomic mass is 10.1. The molecular formula is C18H29FN4OS. The maximum absolute atomic E-state index is 12.8. The minimum atomic E-state index is -0.254. The maximum atomic E-state index is 12.8. The predicted molar refractivity (Wildman–Crippen MR) is 104 cm³/mol. The third-order valence-corrected chi connectivity index (χ3v) is 4.03. The van der Waals surface area contributed by atoms with Gasteiger partial charge in [-0.25, -0.2) is 9.38 Å². The number of halogens is 1. The van der Waals surface area contributed by atoms with Crippen molar-refractivity contribution in [1.82, 2.24) is 16.0 Å². The van der Waals surface area contributed by atoms with Gasteiger partial charge in [-0.15, -0.1) is 11.8 Å². The molecule has 0 aromatic heterocycles. The van der Waals surface area contributed by atoms with Gasteiger partial charge in [-0.1, -0.05) is 0 Å². The molecule has 0 aliphatic carbocycles. The van der Waals surface area contributed by atoms with Gasteiger partial charge in [-0.2, -0.15) is 0 Å². The standard InChI is InChI=1S/C18H29FN4OS/c1-5-20-17(22-13-16(24)23-18(2,3)4)21-11-6-12-25-15-9-7-14(19)8-10-15/h7-10H,5-6,11-13H2,1-4H3,(H,23,24)(H2,20,21,22). The van der Waals surface area contributed by atoms with Crippen molar-refractivity contribution < 1.29 is 9.18 Å². The van der Waals surface area contributed by atoms with Crippen LogP contribution in [0.4, 0.5) is 4.39 Å². The number of benzene rings is 1. The molecule has 3 N–H and O–H groups in total. The quantitative estimate of drug-likeness (QED) is 0.286. The van der Waals surface area contributed by atoms with Crippen molar-refractivity contribution >= 4 is 23.6 Å². The lowest BCUT2D eigenvalue weighted by Gasteiger charge is -2.20. The molecule has 0 saturated heterocycles. The van der Waals surface area contributed by atoms with Gasteiger partial charge in [0.15, 0.2) is 5.96 Å². The van der Waals surface area contributed by atoms with Crippen LogP contribution >= 0.6 is 11.8 Å². The van der Waals surface area contributed by atoms with Crippen LogP contribution in [0.2, 0.25) is 0 Å². The fourth-order valence-electron chi connectivity index (χ4n) is 1.95. The van der Waals surface area contributed by atoms with Crippen molar-refractivity contribution in [3.63, 3.8) is 0 Å². The highest BCUT2D eigenvalue weighted by atomic mass is 32.2. The van der Waals surface area contributed by atoms with E-state index in [-0.39, 0.29) is 23.8 Å². The predicted octanol–water partition coefficient (Wildman–Crippen LogP) is 2.78. The second kappa shape index (κ2) is 11.0. The number of rotatable bonds is 8. The molecule has 0 aliphatic rings. The summed E-state index contributed by atoms with van der Waals surface area (Å²) in [6.45, 7) is 9.39. The molecule has 0 spiro atoms. The second-order valence-electron chi connectivity index (χ2n) is 6.58. The third-order valence-electron chi connectivity index (χ3n) is 2.94. The Morgan fingerprint density at radius 3 is 2.48 bits per heavy atom. The Bertz CT molecular complexity index is 555. The number of hydrogen-bond donors (Lipinski definition) is 3. The van der Waals surface area contributed by atoms with Crippen molar-refractivity contribution in [2.75, 3.05) is 25.4 Å². The van der Waals surface area contributed by atoms with Crippen LogP contribution in [0.1, 0.15) is 34.1 Å². The number of nitrogens with zero attached hydrogens (tertiary/aromatic N) is 1. The van der Waals surface area contributed by atoms with Crippen LogP contribution in [-0.4, -0.2) is 42.8 Å². The minimum absolute atomic E-state index is 0.0942. The maximum Gasteiger partial charge on any atom is 0.242 e. The second-order valence-corrected chi connectivity index (χ2v) is 7.74. The molecular weight excluding hydrogens is 339 g/mol. The molecule has 0 atom stereocenters. The number of carbonyl (C=O) groups is 1. The van der Waals surface area contributed by atoms with Gasteiger partial charge in [0.25, 0.3) is 0 Å². The molecule has 5 nitrogen and oxygen atoms in total. The summed E-state index contributed by atoms with van der Waals surface area (Å²) in [5.41, 5.74) is -0.254. The van der Waals surface area contributed by atoms with E-state index in [0.29, 0.717) is 5.96 Å². The zero-order valence-electron chi connectivity index (χ0n) is 15.5. The van der Waals surface area contributed by atoms with Crippen molar-refractivity contribution in [2.45, 2.75) is 44.6 Å². The molecule has 0 saturated carbocycles. The van der Waals surface area contributed by atoms with Gasteiger partial charge in [0.1, 0.15) is 12.4 Å². The van der Waals surface area contributed by atoms with E-state index in [9.17, 15) is 9.18 Å². The number of hydrogen-bond acceptors (Lipinski definition) is 3. The number of nitrogens with one attached hydrogen (secondary N) is 3. The van der Waals surface area contributed by atoms with Gasteiger partial charge in [-0.05, 0) is 64.1 Å². The van der Waals surface area contributed by atoms with Crippen LogP contribution in [0.3, 0.4) is 0 Å². The van der Waals surface area contributed by atoms with Gasteiger partial charge in [0, 0.05) is 23.5 Å². The first-order valence-electron chi connectivity index (χ1n) is 8.51. The van der Waals surface area contributed by atoms with E-state index in [0.717, 1.165) is 30.2 Å². The van der Waals surface area contributed by atoms with Crippen molar-refractivity contribution in [2.24, 2.45) is 4.99 Å². The first kappa shape index (κ1) is 21.3. The fourth-order valence-corrected chi connectivity index (χ4v) is 2.80. The Labute approximate surface area is 154 Å². The first-order chi connectivity index (χ1) is 11.8. The number of aliphatic imine (C=N–C) groups is 1. The molecule has 25 heavy (non-hydrogen) atoms. The Kier molecular flexibility index (Phi) is 9.34. The van der Waals surface area contributed by atoms with E-state index in [1.165, 1.54) is 12.1 Å². The van der Waals surface area contributed by atoms with Crippen molar-refractivity contribution in [3.05, 3.63) is 30.1 Å². The SMILES string of the molecule is CCNC(=NCC(=O)NC(C)(C)C)NCCCSc1ccc(F)cc1. The summed E-state index contributed by atoms with van der Waals surface area (Å²) in [5, 5.41) is 9.23. The molecule has 1 aromatic rings. The van der Waals surface area contributed by atoms with E-state index in [1.807, 2.05) is 27.7 Å². The van der Waals surface area contributed by atoms with Gasteiger partial charge in [0.2, 0.25) is 5.91 Å². The normalized spacial score (nSPS) is 12.0. The average Bonchev–Trinajstić information content (AvgIpc) is 2.52. The minimum Gasteiger partial charge on any atom is -0.357 e. The van der Waals surface area contributed by atoms with Crippen LogP contribution < -0.4 is 16.0 Å². The molecule has 7 heteroatoms. The van der Waals surface area contributed by atoms with E-state index >= 15 is 0 Å². The molecule has 0 radical (unpaired) electrons. The van der Waals surface area contributed by atoms with Crippen LogP contribution in [0.5, 0.6) is 0 Å². The molecule has 1 rings (SSSR count). The van der Waals surface area contributed by atoms with E-state index in [1.54, 1.807) is 23.9 Å². The molecule has 1 aromatic carbocycles. The summed E-state index contributed by atoms with van der Waals surface area (Å²) in [5.74, 6) is 1.24. The van der Waals surface area contributed by atoms with E-state index in [2.05, 4.69) is 20.9 Å². The Morgan fingerprint density at radius 1 is 1.20 bits per heavy atom. The van der Waals surface area contributed by atoms with Crippen LogP contribution in [-0.2, 0) is 4.79 Å². The Hall–Kier alpha value is -1.76. The van der Waals surface area contributed by atoms with Gasteiger partial charge < -0.3 is 16.0 Å². The highest BCUT2D eigenvalue weighted by Crippen LogP contribution is 2.18. The fraction of sp³-hybridized carbons (Fsp3) is 0.556. The number of guanidine groups is 1. The number of carbonyl (C=O) groups excluding carboxylic acids is 1. The lowest BCUT2D eigenvalue weighted by molar-refractivity contribution is -0.121. The van der Waals surface area contributed by atoms with E-state index < -0.39 is 0 Å². The van der Waals surface area contributed by atoms with Gasteiger partial charge in [-0.3, -0.25) is 4.79 Å². The van der Waals surface area contributed by atoms with Crippen LogP contribution in [0.25, 0.3) is 0 Å². The average molecular weight is 369 g/mol. The number of thioether (sulfide) groups is 1. The summed E-state index contributed by atoms with van der Waals surface area (Å²) in [7, 11) is 0. The summed E-state index contributed by atoms with van der Waals surface area (Å²) in [4.78, 5) is 17.2. The summed E-state index contributed by atoms with van der Waals surface area (Å²) >= 11 is 1.69. The molecule has 0 unspecified atom stereocenters. The Morgan fingerprint density at radius 2 is 1.88 bits per heavy atom.